The van der Waals surface area contributed by atoms with Crippen molar-refractivity contribution in [3.8, 4) is 5.75 Å². The molecule has 4 heteroatoms. The van der Waals surface area contributed by atoms with E-state index in [4.69, 9.17) is 4.74 Å². The molecule has 2 aromatic rings. The summed E-state index contributed by atoms with van der Waals surface area (Å²) in [6.07, 6.45) is 0.189. The van der Waals surface area contributed by atoms with Crippen LogP contribution in [0.4, 0.5) is 11.5 Å². The van der Waals surface area contributed by atoms with E-state index in [1.807, 2.05) is 57.2 Å². The number of anilines is 2. The lowest BCUT2D eigenvalue weighted by molar-refractivity contribution is 0.242. The number of ether oxygens (including phenoxy) is 1. The van der Waals surface area contributed by atoms with Gasteiger partial charge < -0.3 is 10.1 Å². The molecule has 0 saturated carbocycles. The van der Waals surface area contributed by atoms with Crippen molar-refractivity contribution >= 4 is 27.4 Å². The van der Waals surface area contributed by atoms with Crippen molar-refractivity contribution in [1.82, 2.24) is 4.98 Å². The number of aromatic nitrogens is 1. The topological polar surface area (TPSA) is 34.2 Å². The summed E-state index contributed by atoms with van der Waals surface area (Å²) in [7, 11) is 0. The van der Waals surface area contributed by atoms with Crippen LogP contribution in [0.5, 0.6) is 5.75 Å². The van der Waals surface area contributed by atoms with Gasteiger partial charge >= 0.3 is 0 Å². The zero-order chi connectivity index (χ0) is 13.8. The number of hydrogen-bond donors (Lipinski definition) is 1. The Bertz CT molecular complexity index is 553. The Morgan fingerprint density at radius 1 is 1.11 bits per heavy atom. The normalized spacial score (nSPS) is 10.6. The highest BCUT2D eigenvalue weighted by molar-refractivity contribution is 9.10. The lowest BCUT2D eigenvalue weighted by atomic mass is 10.3. The third kappa shape index (κ3) is 3.96. The number of nitrogens with zero attached hydrogens (tertiary/aromatic N) is 1. The molecule has 19 heavy (non-hydrogen) atoms. The van der Waals surface area contributed by atoms with Crippen molar-refractivity contribution in [1.29, 1.82) is 0 Å². The monoisotopic (exact) mass is 320 g/mol. The maximum Gasteiger partial charge on any atom is 0.130 e. The second-order valence-corrected chi connectivity index (χ2v) is 5.43. The quantitative estimate of drug-likeness (QED) is 0.887. The van der Waals surface area contributed by atoms with Crippen LogP contribution >= 0.6 is 15.9 Å². The summed E-state index contributed by atoms with van der Waals surface area (Å²) in [6.45, 7) is 6.00. The summed E-state index contributed by atoms with van der Waals surface area (Å²) in [5, 5.41) is 3.26. The molecule has 0 fully saturated rings. The van der Waals surface area contributed by atoms with Gasteiger partial charge in [0.15, 0.2) is 0 Å². The molecule has 0 bridgehead atoms. The molecule has 100 valence electrons. The van der Waals surface area contributed by atoms with E-state index in [-0.39, 0.29) is 6.10 Å². The molecule has 1 aromatic heterocycles. The molecule has 0 aliphatic rings. The van der Waals surface area contributed by atoms with Crippen LogP contribution in [0.1, 0.15) is 19.5 Å². The van der Waals surface area contributed by atoms with Crippen molar-refractivity contribution in [2.45, 2.75) is 26.9 Å². The van der Waals surface area contributed by atoms with Crippen molar-refractivity contribution in [2.24, 2.45) is 0 Å². The number of aryl methyl sites for hydroxylation is 1. The molecular formula is C15H17BrN2O. The molecule has 1 heterocycles. The molecule has 1 aromatic carbocycles. The summed E-state index contributed by atoms with van der Waals surface area (Å²) >= 11 is 3.44. The van der Waals surface area contributed by atoms with Gasteiger partial charge in [-0.2, -0.15) is 0 Å². The van der Waals surface area contributed by atoms with Gasteiger partial charge in [0.1, 0.15) is 11.6 Å². The van der Waals surface area contributed by atoms with E-state index in [1.54, 1.807) is 0 Å². The average Bonchev–Trinajstić information content (AvgIpc) is 2.36. The standard InChI is InChI=1S/C15H17BrN2O/c1-10(2)19-13-6-4-12(5-7-13)18-15-9-8-14(16)11(3)17-15/h4-10H,1-3H3,(H,17,18). The summed E-state index contributed by atoms with van der Waals surface area (Å²) < 4.78 is 6.62. The van der Waals surface area contributed by atoms with Gasteiger partial charge in [-0.15, -0.1) is 0 Å². The van der Waals surface area contributed by atoms with Gasteiger partial charge in [-0.05, 0) is 73.1 Å². The Morgan fingerprint density at radius 3 is 2.37 bits per heavy atom. The molecule has 2 rings (SSSR count). The number of halogens is 1. The Balaban J connectivity index is 2.08. The van der Waals surface area contributed by atoms with E-state index in [0.29, 0.717) is 0 Å². The van der Waals surface area contributed by atoms with Crippen LogP contribution < -0.4 is 10.1 Å². The fourth-order valence-corrected chi connectivity index (χ4v) is 1.87. The summed E-state index contributed by atoms with van der Waals surface area (Å²) in [4.78, 5) is 4.45. The number of pyridine rings is 1. The largest absolute Gasteiger partial charge is 0.491 e. The molecule has 0 atom stereocenters. The van der Waals surface area contributed by atoms with Crippen LogP contribution in [-0.2, 0) is 0 Å². The summed E-state index contributed by atoms with van der Waals surface area (Å²) in [5.74, 6) is 1.71. The molecule has 3 nitrogen and oxygen atoms in total. The number of nitrogens with one attached hydrogen (secondary N) is 1. The third-order valence-electron chi connectivity index (χ3n) is 2.52. The van der Waals surface area contributed by atoms with Crippen LogP contribution in [0.25, 0.3) is 0 Å². The fourth-order valence-electron chi connectivity index (χ4n) is 1.65. The Hall–Kier alpha value is -1.55. The fraction of sp³-hybridized carbons (Fsp3) is 0.267. The first-order valence-electron chi connectivity index (χ1n) is 6.21. The van der Waals surface area contributed by atoms with Gasteiger partial charge in [-0.3, -0.25) is 0 Å². The predicted octanol–water partition coefficient (Wildman–Crippen LogP) is 4.68. The Labute approximate surface area is 122 Å². The second kappa shape index (κ2) is 6.06. The SMILES string of the molecule is Cc1nc(Nc2ccc(OC(C)C)cc2)ccc1Br. The van der Waals surface area contributed by atoms with Crippen LogP contribution in [0.15, 0.2) is 40.9 Å². The van der Waals surface area contributed by atoms with Gasteiger partial charge in [-0.1, -0.05) is 0 Å². The summed E-state index contributed by atoms with van der Waals surface area (Å²) in [5.41, 5.74) is 1.95. The zero-order valence-corrected chi connectivity index (χ0v) is 12.9. The van der Waals surface area contributed by atoms with Crippen molar-refractivity contribution in [3.05, 3.63) is 46.6 Å². The van der Waals surface area contributed by atoms with Crippen molar-refractivity contribution in [3.63, 3.8) is 0 Å². The Kier molecular flexibility index (Phi) is 4.43. The van der Waals surface area contributed by atoms with E-state index >= 15 is 0 Å². The maximum atomic E-state index is 5.60. The molecule has 0 amide bonds. The second-order valence-electron chi connectivity index (χ2n) is 4.58. The zero-order valence-electron chi connectivity index (χ0n) is 11.3. The lowest BCUT2D eigenvalue weighted by Crippen LogP contribution is -2.05. The highest BCUT2D eigenvalue weighted by Crippen LogP contribution is 2.22. The van der Waals surface area contributed by atoms with Crippen molar-refractivity contribution < 1.29 is 4.74 Å². The summed E-state index contributed by atoms with van der Waals surface area (Å²) in [6, 6.07) is 11.8. The maximum absolute atomic E-state index is 5.60. The van der Waals surface area contributed by atoms with E-state index in [0.717, 1.165) is 27.4 Å². The molecule has 1 N–H and O–H groups in total. The van der Waals surface area contributed by atoms with E-state index in [1.165, 1.54) is 0 Å². The van der Waals surface area contributed by atoms with E-state index in [9.17, 15) is 0 Å². The third-order valence-corrected chi connectivity index (χ3v) is 3.36. The highest BCUT2D eigenvalue weighted by atomic mass is 79.9. The first kappa shape index (κ1) is 13.9. The molecule has 0 aliphatic carbocycles. The number of rotatable bonds is 4. The van der Waals surface area contributed by atoms with Gasteiger partial charge in [-0.25, -0.2) is 4.98 Å². The average molecular weight is 321 g/mol. The predicted molar refractivity (Wildman–Crippen MR) is 82.2 cm³/mol. The highest BCUT2D eigenvalue weighted by Gasteiger charge is 2.01. The van der Waals surface area contributed by atoms with Crippen LogP contribution in [0.3, 0.4) is 0 Å². The minimum absolute atomic E-state index is 0.189. The van der Waals surface area contributed by atoms with Crippen LogP contribution in [-0.4, -0.2) is 11.1 Å². The molecule has 0 spiro atoms. The first-order chi connectivity index (χ1) is 9.04. The first-order valence-corrected chi connectivity index (χ1v) is 7.01. The molecule has 0 radical (unpaired) electrons. The minimum atomic E-state index is 0.189. The molecular weight excluding hydrogens is 304 g/mol. The number of hydrogen-bond acceptors (Lipinski definition) is 3. The minimum Gasteiger partial charge on any atom is -0.491 e. The van der Waals surface area contributed by atoms with Crippen molar-refractivity contribution in [2.75, 3.05) is 5.32 Å². The van der Waals surface area contributed by atoms with Gasteiger partial charge in [0.2, 0.25) is 0 Å². The molecule has 0 unspecified atom stereocenters. The van der Waals surface area contributed by atoms with Gasteiger partial charge in [0, 0.05) is 10.2 Å². The van der Waals surface area contributed by atoms with Crippen LogP contribution in [0.2, 0.25) is 0 Å². The number of benzene rings is 1. The van der Waals surface area contributed by atoms with Gasteiger partial charge in [0.05, 0.1) is 11.8 Å². The smallest absolute Gasteiger partial charge is 0.130 e. The van der Waals surface area contributed by atoms with Crippen LogP contribution in [0, 0.1) is 6.92 Å². The molecule has 0 saturated heterocycles. The molecule has 0 aliphatic heterocycles. The van der Waals surface area contributed by atoms with E-state index < -0.39 is 0 Å². The Morgan fingerprint density at radius 2 is 1.79 bits per heavy atom. The van der Waals surface area contributed by atoms with Gasteiger partial charge in [0.25, 0.3) is 0 Å². The lowest BCUT2D eigenvalue weighted by Gasteiger charge is -2.11. The van der Waals surface area contributed by atoms with E-state index in [2.05, 4.69) is 26.2 Å².